The highest BCUT2D eigenvalue weighted by atomic mass is 79.9. The number of halogens is 1. The normalized spacial score (nSPS) is 24.8. The van der Waals surface area contributed by atoms with E-state index in [1.54, 1.807) is 7.11 Å². The number of aliphatic hydroxyl groups is 1. The van der Waals surface area contributed by atoms with Crippen molar-refractivity contribution >= 4 is 15.9 Å². The third-order valence-electron chi connectivity index (χ3n) is 3.10. The second kappa shape index (κ2) is 4.14. The predicted molar refractivity (Wildman–Crippen MR) is 63.3 cm³/mol. The SMILES string of the molecule is COc1cc(Br)c2c(c1)[C@@H](O)CCC2C. The average Bonchev–Trinajstić information content (AvgIpc) is 2.23. The molecule has 0 radical (unpaired) electrons. The maximum atomic E-state index is 9.95. The van der Waals surface area contributed by atoms with Crippen molar-refractivity contribution in [2.45, 2.75) is 31.8 Å². The molecule has 0 spiro atoms. The molecule has 1 aliphatic carbocycles. The van der Waals surface area contributed by atoms with Gasteiger partial charge in [-0.2, -0.15) is 0 Å². The first kappa shape index (κ1) is 11.0. The van der Waals surface area contributed by atoms with Crippen LogP contribution in [0, 0.1) is 0 Å². The van der Waals surface area contributed by atoms with Crippen LogP contribution < -0.4 is 4.74 Å². The van der Waals surface area contributed by atoms with Crippen LogP contribution in [0.2, 0.25) is 0 Å². The molecule has 0 aromatic heterocycles. The van der Waals surface area contributed by atoms with E-state index >= 15 is 0 Å². The highest BCUT2D eigenvalue weighted by molar-refractivity contribution is 9.10. The minimum atomic E-state index is -0.345. The second-order valence-corrected chi connectivity index (χ2v) is 4.96. The van der Waals surface area contributed by atoms with Crippen LogP contribution in [0.3, 0.4) is 0 Å². The van der Waals surface area contributed by atoms with Crippen LogP contribution in [0.15, 0.2) is 16.6 Å². The summed E-state index contributed by atoms with van der Waals surface area (Å²) in [4.78, 5) is 0. The van der Waals surface area contributed by atoms with Gasteiger partial charge in [0.25, 0.3) is 0 Å². The lowest BCUT2D eigenvalue weighted by atomic mass is 9.82. The van der Waals surface area contributed by atoms with Crippen LogP contribution in [0.1, 0.15) is 42.9 Å². The zero-order valence-electron chi connectivity index (χ0n) is 8.96. The van der Waals surface area contributed by atoms with E-state index in [2.05, 4.69) is 22.9 Å². The van der Waals surface area contributed by atoms with E-state index in [4.69, 9.17) is 4.74 Å². The predicted octanol–water partition coefficient (Wildman–Crippen LogP) is 3.39. The van der Waals surface area contributed by atoms with Crippen molar-refractivity contribution in [3.05, 3.63) is 27.7 Å². The third kappa shape index (κ3) is 1.91. The van der Waals surface area contributed by atoms with E-state index in [9.17, 15) is 5.11 Å². The zero-order valence-corrected chi connectivity index (χ0v) is 10.5. The summed E-state index contributed by atoms with van der Waals surface area (Å²) in [6, 6.07) is 3.91. The molecule has 82 valence electrons. The molecular formula is C12H15BrO2. The van der Waals surface area contributed by atoms with Gasteiger partial charge in [0.2, 0.25) is 0 Å². The fourth-order valence-corrected chi connectivity index (χ4v) is 3.08. The first-order chi connectivity index (χ1) is 7.13. The van der Waals surface area contributed by atoms with E-state index in [-0.39, 0.29) is 6.10 Å². The number of methoxy groups -OCH3 is 1. The smallest absolute Gasteiger partial charge is 0.120 e. The molecule has 0 amide bonds. The van der Waals surface area contributed by atoms with Gasteiger partial charge < -0.3 is 9.84 Å². The molecule has 1 aromatic carbocycles. The van der Waals surface area contributed by atoms with Crippen molar-refractivity contribution in [3.8, 4) is 5.75 Å². The number of benzene rings is 1. The van der Waals surface area contributed by atoms with Crippen LogP contribution in [0.5, 0.6) is 5.75 Å². The molecule has 3 heteroatoms. The fraction of sp³-hybridized carbons (Fsp3) is 0.500. The first-order valence-corrected chi connectivity index (χ1v) is 5.98. The van der Waals surface area contributed by atoms with Crippen molar-refractivity contribution in [1.29, 1.82) is 0 Å². The summed E-state index contributed by atoms with van der Waals surface area (Å²) in [5.74, 6) is 1.30. The molecule has 2 atom stereocenters. The van der Waals surface area contributed by atoms with Crippen molar-refractivity contribution < 1.29 is 9.84 Å². The third-order valence-corrected chi connectivity index (χ3v) is 3.75. The van der Waals surface area contributed by atoms with Crippen LogP contribution in [-0.4, -0.2) is 12.2 Å². The lowest BCUT2D eigenvalue weighted by Gasteiger charge is -2.28. The van der Waals surface area contributed by atoms with Gasteiger partial charge in [0, 0.05) is 4.47 Å². The average molecular weight is 271 g/mol. The summed E-state index contributed by atoms with van der Waals surface area (Å²) in [5.41, 5.74) is 2.24. The summed E-state index contributed by atoms with van der Waals surface area (Å²) in [5, 5.41) is 9.95. The largest absolute Gasteiger partial charge is 0.497 e. The van der Waals surface area contributed by atoms with Crippen molar-refractivity contribution in [1.82, 2.24) is 0 Å². The van der Waals surface area contributed by atoms with Crippen LogP contribution in [0.4, 0.5) is 0 Å². The molecule has 1 unspecified atom stereocenters. The van der Waals surface area contributed by atoms with E-state index in [0.717, 1.165) is 28.6 Å². The van der Waals surface area contributed by atoms with E-state index in [0.29, 0.717) is 5.92 Å². The van der Waals surface area contributed by atoms with Gasteiger partial charge in [-0.25, -0.2) is 0 Å². The Kier molecular flexibility index (Phi) is 3.03. The molecule has 15 heavy (non-hydrogen) atoms. The van der Waals surface area contributed by atoms with E-state index in [1.807, 2.05) is 12.1 Å². The van der Waals surface area contributed by atoms with Crippen LogP contribution in [0.25, 0.3) is 0 Å². The summed E-state index contributed by atoms with van der Waals surface area (Å²) in [7, 11) is 1.65. The Morgan fingerprint density at radius 1 is 1.40 bits per heavy atom. The molecule has 2 rings (SSSR count). The standard InChI is InChI=1S/C12H15BrO2/c1-7-3-4-11(14)9-5-8(15-2)6-10(13)12(7)9/h5-7,11,14H,3-4H2,1-2H3/t7?,11-/m0/s1. The van der Waals surface area contributed by atoms with Crippen LogP contribution >= 0.6 is 15.9 Å². The van der Waals surface area contributed by atoms with E-state index < -0.39 is 0 Å². The van der Waals surface area contributed by atoms with Gasteiger partial charge >= 0.3 is 0 Å². The summed E-state index contributed by atoms with van der Waals surface area (Å²) >= 11 is 3.55. The van der Waals surface area contributed by atoms with E-state index in [1.165, 1.54) is 5.56 Å². The molecule has 1 aliphatic rings. The maximum absolute atomic E-state index is 9.95. The number of fused-ring (bicyclic) bond motifs is 1. The highest BCUT2D eigenvalue weighted by Crippen LogP contribution is 2.42. The topological polar surface area (TPSA) is 29.5 Å². The minimum Gasteiger partial charge on any atom is -0.497 e. The Balaban J connectivity index is 2.56. The lowest BCUT2D eigenvalue weighted by Crippen LogP contribution is -2.13. The molecule has 0 saturated heterocycles. The van der Waals surface area contributed by atoms with Crippen molar-refractivity contribution in [2.75, 3.05) is 7.11 Å². The monoisotopic (exact) mass is 270 g/mol. The Hall–Kier alpha value is -0.540. The molecule has 0 heterocycles. The minimum absolute atomic E-state index is 0.345. The van der Waals surface area contributed by atoms with Gasteiger partial charge in [-0.1, -0.05) is 22.9 Å². The number of hydrogen-bond acceptors (Lipinski definition) is 2. The van der Waals surface area contributed by atoms with Gasteiger partial charge in [0.1, 0.15) is 5.75 Å². The second-order valence-electron chi connectivity index (χ2n) is 4.11. The number of hydrogen-bond donors (Lipinski definition) is 1. The molecule has 0 bridgehead atoms. The quantitative estimate of drug-likeness (QED) is 0.848. The van der Waals surface area contributed by atoms with Gasteiger partial charge in [0.15, 0.2) is 0 Å². The summed E-state index contributed by atoms with van der Waals surface area (Å²) in [6.07, 6.45) is 1.54. The molecular weight excluding hydrogens is 256 g/mol. The number of aliphatic hydroxyl groups excluding tert-OH is 1. The molecule has 0 aliphatic heterocycles. The molecule has 2 nitrogen and oxygen atoms in total. The molecule has 1 aromatic rings. The van der Waals surface area contributed by atoms with Gasteiger partial charge in [-0.15, -0.1) is 0 Å². The van der Waals surface area contributed by atoms with Gasteiger partial charge in [-0.3, -0.25) is 0 Å². The lowest BCUT2D eigenvalue weighted by molar-refractivity contribution is 0.151. The molecule has 1 N–H and O–H groups in total. The fourth-order valence-electron chi connectivity index (χ4n) is 2.23. The Morgan fingerprint density at radius 2 is 2.13 bits per heavy atom. The highest BCUT2D eigenvalue weighted by Gasteiger charge is 2.25. The molecule has 0 fully saturated rings. The van der Waals surface area contributed by atoms with Crippen molar-refractivity contribution in [3.63, 3.8) is 0 Å². The first-order valence-electron chi connectivity index (χ1n) is 5.19. The number of ether oxygens (including phenoxy) is 1. The van der Waals surface area contributed by atoms with Gasteiger partial charge in [-0.05, 0) is 42.0 Å². The Bertz CT molecular complexity index is 376. The maximum Gasteiger partial charge on any atom is 0.120 e. The number of rotatable bonds is 1. The Labute approximate surface area is 98.4 Å². The molecule has 0 saturated carbocycles. The summed E-state index contributed by atoms with van der Waals surface area (Å²) < 4.78 is 6.25. The summed E-state index contributed by atoms with van der Waals surface area (Å²) in [6.45, 7) is 2.20. The zero-order chi connectivity index (χ0) is 11.0. The van der Waals surface area contributed by atoms with Gasteiger partial charge in [0.05, 0.1) is 13.2 Å². The van der Waals surface area contributed by atoms with Crippen LogP contribution in [-0.2, 0) is 0 Å². The van der Waals surface area contributed by atoms with Crippen molar-refractivity contribution in [2.24, 2.45) is 0 Å². The Morgan fingerprint density at radius 3 is 2.80 bits per heavy atom.